The molecule has 0 heterocycles. The third kappa shape index (κ3) is 4.40. The largest absolute Gasteiger partial charge is 0.313 e. The average Bonchev–Trinajstić information content (AvgIpc) is 2.45. The van der Waals surface area contributed by atoms with Gasteiger partial charge in [-0.05, 0) is 41.6 Å². The highest BCUT2D eigenvalue weighted by molar-refractivity contribution is 5.64. The summed E-state index contributed by atoms with van der Waals surface area (Å²) in [5.41, 5.74) is 4.05. The number of hydrogen-bond acceptors (Lipinski definition) is 1. The molecule has 0 saturated carbocycles. The van der Waals surface area contributed by atoms with Crippen molar-refractivity contribution in [3.8, 4) is 11.1 Å². The topological polar surface area (TPSA) is 12.0 Å². The molecule has 0 spiro atoms. The molecule has 0 aliphatic rings. The first-order valence-electron chi connectivity index (χ1n) is 7.68. The van der Waals surface area contributed by atoms with Crippen LogP contribution in [0.1, 0.15) is 31.9 Å². The van der Waals surface area contributed by atoms with Crippen molar-refractivity contribution >= 4 is 0 Å². The Balaban J connectivity index is 2.23. The van der Waals surface area contributed by atoms with Crippen molar-refractivity contribution in [3.63, 3.8) is 0 Å². The van der Waals surface area contributed by atoms with Crippen LogP contribution in [0, 0.1) is 11.7 Å². The van der Waals surface area contributed by atoms with Gasteiger partial charge in [-0.15, -0.1) is 0 Å². The van der Waals surface area contributed by atoms with E-state index in [0.29, 0.717) is 12.5 Å². The van der Waals surface area contributed by atoms with Crippen LogP contribution in [0.15, 0.2) is 42.5 Å². The van der Waals surface area contributed by atoms with Gasteiger partial charge in [0.15, 0.2) is 0 Å². The zero-order valence-corrected chi connectivity index (χ0v) is 13.1. The normalized spacial score (nSPS) is 11.1. The second-order valence-corrected chi connectivity index (χ2v) is 5.88. The molecule has 0 amide bonds. The maximum absolute atomic E-state index is 14.1. The Morgan fingerprint density at radius 3 is 2.48 bits per heavy atom. The molecule has 21 heavy (non-hydrogen) atoms. The van der Waals surface area contributed by atoms with Crippen LogP contribution < -0.4 is 5.32 Å². The van der Waals surface area contributed by atoms with Crippen molar-refractivity contribution in [2.45, 2.75) is 33.7 Å². The molecule has 112 valence electrons. The second-order valence-electron chi connectivity index (χ2n) is 5.88. The van der Waals surface area contributed by atoms with Crippen LogP contribution in [0.4, 0.5) is 4.39 Å². The van der Waals surface area contributed by atoms with Crippen molar-refractivity contribution < 1.29 is 4.39 Å². The lowest BCUT2D eigenvalue weighted by atomic mass is 9.97. The Labute approximate surface area is 127 Å². The van der Waals surface area contributed by atoms with E-state index in [1.807, 2.05) is 25.1 Å². The highest BCUT2D eigenvalue weighted by Gasteiger charge is 2.06. The maximum atomic E-state index is 14.1. The summed E-state index contributed by atoms with van der Waals surface area (Å²) in [5, 5.41) is 3.16. The van der Waals surface area contributed by atoms with Crippen molar-refractivity contribution in [2.24, 2.45) is 5.92 Å². The van der Waals surface area contributed by atoms with Gasteiger partial charge in [-0.1, -0.05) is 57.2 Å². The van der Waals surface area contributed by atoms with Crippen LogP contribution in [0.2, 0.25) is 0 Å². The predicted octanol–water partition coefficient (Wildman–Crippen LogP) is 4.80. The highest BCUT2D eigenvalue weighted by atomic mass is 19.1. The minimum Gasteiger partial charge on any atom is -0.313 e. The molecule has 2 aromatic rings. The smallest absolute Gasteiger partial charge is 0.128 e. The van der Waals surface area contributed by atoms with E-state index in [1.165, 1.54) is 5.56 Å². The van der Waals surface area contributed by atoms with Crippen LogP contribution in [0.25, 0.3) is 11.1 Å². The number of halogens is 1. The van der Waals surface area contributed by atoms with E-state index < -0.39 is 0 Å². The van der Waals surface area contributed by atoms with Gasteiger partial charge in [0.05, 0.1) is 0 Å². The van der Waals surface area contributed by atoms with E-state index in [2.05, 4.69) is 37.4 Å². The van der Waals surface area contributed by atoms with Gasteiger partial charge in [0.1, 0.15) is 5.82 Å². The Bertz CT molecular complexity index is 590. The van der Waals surface area contributed by atoms with Crippen LogP contribution in [-0.4, -0.2) is 6.54 Å². The van der Waals surface area contributed by atoms with Crippen LogP contribution >= 0.6 is 0 Å². The molecule has 0 aromatic heterocycles. The molecular formula is C19H24FN. The lowest BCUT2D eigenvalue weighted by Crippen LogP contribution is -2.12. The molecule has 0 aliphatic carbocycles. The summed E-state index contributed by atoms with van der Waals surface area (Å²) in [6.07, 6.45) is 1.05. The van der Waals surface area contributed by atoms with E-state index in [1.54, 1.807) is 6.07 Å². The number of hydrogen-bond donors (Lipinski definition) is 1. The van der Waals surface area contributed by atoms with Crippen LogP contribution in [-0.2, 0) is 13.0 Å². The lowest BCUT2D eigenvalue weighted by Gasteiger charge is -2.10. The standard InChI is InChI=1S/C19H24FN/c1-4-21-13-18-9-8-17(12-19(18)20)16-7-5-6-15(11-16)10-14(2)3/h5-9,11-12,14,21H,4,10,13H2,1-3H3. The summed E-state index contributed by atoms with van der Waals surface area (Å²) in [7, 11) is 0. The summed E-state index contributed by atoms with van der Waals surface area (Å²) in [6, 6.07) is 13.9. The summed E-state index contributed by atoms with van der Waals surface area (Å²) in [5.74, 6) is 0.488. The zero-order chi connectivity index (χ0) is 15.2. The quantitative estimate of drug-likeness (QED) is 0.804. The molecule has 0 bridgehead atoms. The molecule has 2 rings (SSSR count). The molecule has 1 nitrogen and oxygen atoms in total. The van der Waals surface area contributed by atoms with Gasteiger partial charge >= 0.3 is 0 Å². The molecule has 2 heteroatoms. The fourth-order valence-corrected chi connectivity index (χ4v) is 2.48. The molecular weight excluding hydrogens is 261 g/mol. The van der Waals surface area contributed by atoms with Gasteiger partial charge < -0.3 is 5.32 Å². The fourth-order valence-electron chi connectivity index (χ4n) is 2.48. The first-order chi connectivity index (χ1) is 10.1. The Morgan fingerprint density at radius 2 is 1.81 bits per heavy atom. The highest BCUT2D eigenvalue weighted by Crippen LogP contribution is 2.24. The Morgan fingerprint density at radius 1 is 1.05 bits per heavy atom. The summed E-state index contributed by atoms with van der Waals surface area (Å²) in [4.78, 5) is 0. The molecule has 0 radical (unpaired) electrons. The van der Waals surface area contributed by atoms with Gasteiger partial charge in [-0.25, -0.2) is 4.39 Å². The monoisotopic (exact) mass is 285 g/mol. The minimum atomic E-state index is -0.136. The van der Waals surface area contributed by atoms with Crippen LogP contribution in [0.5, 0.6) is 0 Å². The lowest BCUT2D eigenvalue weighted by molar-refractivity contribution is 0.594. The van der Waals surface area contributed by atoms with E-state index in [4.69, 9.17) is 0 Å². The average molecular weight is 285 g/mol. The first-order valence-corrected chi connectivity index (χ1v) is 7.68. The SMILES string of the molecule is CCNCc1ccc(-c2cccc(CC(C)C)c2)cc1F. The van der Waals surface area contributed by atoms with Crippen molar-refractivity contribution in [1.29, 1.82) is 0 Å². The van der Waals surface area contributed by atoms with Crippen molar-refractivity contribution in [2.75, 3.05) is 6.54 Å². The van der Waals surface area contributed by atoms with E-state index >= 15 is 0 Å². The molecule has 0 saturated heterocycles. The molecule has 0 aliphatic heterocycles. The summed E-state index contributed by atoms with van der Waals surface area (Å²) < 4.78 is 14.1. The van der Waals surface area contributed by atoms with Gasteiger partial charge in [-0.2, -0.15) is 0 Å². The molecule has 0 fully saturated rings. The third-order valence-corrected chi connectivity index (χ3v) is 3.52. The first kappa shape index (κ1) is 15.7. The third-order valence-electron chi connectivity index (χ3n) is 3.52. The summed E-state index contributed by atoms with van der Waals surface area (Å²) in [6.45, 7) is 7.87. The number of rotatable bonds is 6. The maximum Gasteiger partial charge on any atom is 0.128 e. The Hall–Kier alpha value is -1.67. The number of nitrogens with one attached hydrogen (secondary N) is 1. The molecule has 1 N–H and O–H groups in total. The molecule has 0 atom stereocenters. The van der Waals surface area contributed by atoms with Crippen molar-refractivity contribution in [3.05, 3.63) is 59.4 Å². The number of benzene rings is 2. The zero-order valence-electron chi connectivity index (χ0n) is 13.1. The fraction of sp³-hybridized carbons (Fsp3) is 0.368. The van der Waals surface area contributed by atoms with E-state index in [-0.39, 0.29) is 5.82 Å². The van der Waals surface area contributed by atoms with E-state index in [0.717, 1.165) is 29.7 Å². The van der Waals surface area contributed by atoms with Crippen molar-refractivity contribution in [1.82, 2.24) is 5.32 Å². The minimum absolute atomic E-state index is 0.136. The van der Waals surface area contributed by atoms with E-state index in [9.17, 15) is 4.39 Å². The van der Waals surface area contributed by atoms with Crippen LogP contribution in [0.3, 0.4) is 0 Å². The second kappa shape index (κ2) is 7.37. The predicted molar refractivity (Wildman–Crippen MR) is 87.8 cm³/mol. The van der Waals surface area contributed by atoms with Gasteiger partial charge in [0.25, 0.3) is 0 Å². The molecule has 2 aromatic carbocycles. The summed E-state index contributed by atoms with van der Waals surface area (Å²) >= 11 is 0. The van der Waals surface area contributed by atoms with Gasteiger partial charge in [0, 0.05) is 12.1 Å². The van der Waals surface area contributed by atoms with Gasteiger partial charge in [-0.3, -0.25) is 0 Å². The Kier molecular flexibility index (Phi) is 5.51. The molecule has 0 unspecified atom stereocenters. The van der Waals surface area contributed by atoms with Gasteiger partial charge in [0.2, 0.25) is 0 Å².